The molecule has 0 radical (unpaired) electrons. The van der Waals surface area contributed by atoms with Crippen LogP contribution in [-0.2, 0) is 4.79 Å². The minimum atomic E-state index is -1.06. The van der Waals surface area contributed by atoms with Crippen molar-refractivity contribution < 1.29 is 15.0 Å². The van der Waals surface area contributed by atoms with Crippen LogP contribution in [0.3, 0.4) is 0 Å². The van der Waals surface area contributed by atoms with Crippen molar-refractivity contribution in [1.82, 2.24) is 5.32 Å². The Balaban J connectivity index is 2.90. The molecule has 3 N–H and O–H groups in total. The lowest BCUT2D eigenvalue weighted by atomic mass is 9.66. The molecule has 0 bridgehead atoms. The molecule has 88 valence electrons. The Morgan fingerprint density at radius 1 is 1.47 bits per heavy atom. The van der Waals surface area contributed by atoms with Gasteiger partial charge in [-0.15, -0.1) is 0 Å². The Hall–Kier alpha value is -0.610. The molecule has 1 aliphatic heterocycles. The SMILES string of the molecule is CCCC(C)(C(=O)O)C1(O)CCNCC1. The summed E-state index contributed by atoms with van der Waals surface area (Å²) in [6, 6.07) is 0. The van der Waals surface area contributed by atoms with E-state index >= 15 is 0 Å². The van der Waals surface area contributed by atoms with Gasteiger partial charge in [-0.05, 0) is 39.3 Å². The van der Waals surface area contributed by atoms with Crippen LogP contribution in [0.4, 0.5) is 0 Å². The third-order valence-corrected chi connectivity index (χ3v) is 3.68. The molecule has 1 heterocycles. The number of carboxylic acid groups (broad SMARTS) is 1. The maximum absolute atomic E-state index is 11.3. The Morgan fingerprint density at radius 3 is 2.40 bits per heavy atom. The molecule has 1 rings (SSSR count). The van der Waals surface area contributed by atoms with Crippen LogP contribution in [0.25, 0.3) is 0 Å². The van der Waals surface area contributed by atoms with Gasteiger partial charge in [0.05, 0.1) is 11.0 Å². The van der Waals surface area contributed by atoms with E-state index < -0.39 is 17.0 Å². The standard InChI is InChI=1S/C11H21NO3/c1-3-4-10(2,9(13)14)11(15)5-7-12-8-6-11/h12,15H,3-8H2,1-2H3,(H,13,14). The van der Waals surface area contributed by atoms with Gasteiger partial charge in [0.25, 0.3) is 0 Å². The predicted molar refractivity (Wildman–Crippen MR) is 57.7 cm³/mol. The van der Waals surface area contributed by atoms with E-state index in [0.29, 0.717) is 32.4 Å². The molecule has 1 unspecified atom stereocenters. The molecule has 0 amide bonds. The Bertz CT molecular complexity index is 236. The number of rotatable bonds is 4. The molecule has 0 aliphatic carbocycles. The molecule has 0 aromatic rings. The van der Waals surface area contributed by atoms with E-state index in [-0.39, 0.29) is 0 Å². The normalized spacial score (nSPS) is 24.5. The van der Waals surface area contributed by atoms with Crippen LogP contribution in [0.5, 0.6) is 0 Å². The Morgan fingerprint density at radius 2 is 2.00 bits per heavy atom. The van der Waals surface area contributed by atoms with E-state index in [9.17, 15) is 15.0 Å². The molecule has 15 heavy (non-hydrogen) atoms. The van der Waals surface area contributed by atoms with Gasteiger partial charge in [0, 0.05) is 0 Å². The first-order chi connectivity index (χ1) is 6.96. The molecule has 4 nitrogen and oxygen atoms in total. The van der Waals surface area contributed by atoms with Gasteiger partial charge < -0.3 is 15.5 Å². The van der Waals surface area contributed by atoms with Crippen molar-refractivity contribution in [3.8, 4) is 0 Å². The topological polar surface area (TPSA) is 69.6 Å². The predicted octanol–water partition coefficient (Wildman–Crippen LogP) is 0.992. The number of carboxylic acids is 1. The average molecular weight is 215 g/mol. The molecular formula is C11H21NO3. The second kappa shape index (κ2) is 4.49. The summed E-state index contributed by atoms with van der Waals surface area (Å²) >= 11 is 0. The van der Waals surface area contributed by atoms with Crippen LogP contribution in [0.2, 0.25) is 0 Å². The highest BCUT2D eigenvalue weighted by Crippen LogP contribution is 2.41. The summed E-state index contributed by atoms with van der Waals surface area (Å²) in [5, 5.41) is 22.9. The smallest absolute Gasteiger partial charge is 0.312 e. The van der Waals surface area contributed by atoms with Gasteiger partial charge in [0.1, 0.15) is 0 Å². The van der Waals surface area contributed by atoms with Crippen LogP contribution in [0.15, 0.2) is 0 Å². The summed E-state index contributed by atoms with van der Waals surface area (Å²) in [5.74, 6) is -0.881. The monoisotopic (exact) mass is 215 g/mol. The zero-order valence-corrected chi connectivity index (χ0v) is 9.55. The van der Waals surface area contributed by atoms with Crippen LogP contribution in [0, 0.1) is 5.41 Å². The van der Waals surface area contributed by atoms with Gasteiger partial charge in [0.15, 0.2) is 0 Å². The zero-order chi connectivity index (χ0) is 11.5. The van der Waals surface area contributed by atoms with Crippen molar-refractivity contribution in [2.24, 2.45) is 5.41 Å². The zero-order valence-electron chi connectivity index (χ0n) is 9.55. The first kappa shape index (κ1) is 12.5. The van der Waals surface area contributed by atoms with E-state index in [1.165, 1.54) is 0 Å². The minimum absolute atomic E-state index is 0.524. The lowest BCUT2D eigenvalue weighted by molar-refractivity contribution is -0.172. The maximum Gasteiger partial charge on any atom is 0.312 e. The lowest BCUT2D eigenvalue weighted by Crippen LogP contribution is -2.56. The van der Waals surface area contributed by atoms with Gasteiger partial charge >= 0.3 is 5.97 Å². The fourth-order valence-electron chi connectivity index (χ4n) is 2.43. The lowest BCUT2D eigenvalue weighted by Gasteiger charge is -2.44. The number of piperidine rings is 1. The van der Waals surface area contributed by atoms with E-state index in [0.717, 1.165) is 6.42 Å². The van der Waals surface area contributed by atoms with Crippen LogP contribution in [-0.4, -0.2) is 34.9 Å². The number of aliphatic hydroxyl groups is 1. The number of aliphatic carboxylic acids is 1. The fraction of sp³-hybridized carbons (Fsp3) is 0.909. The van der Waals surface area contributed by atoms with E-state index in [1.807, 2.05) is 6.92 Å². The van der Waals surface area contributed by atoms with Crippen LogP contribution in [0.1, 0.15) is 39.5 Å². The summed E-state index contributed by atoms with van der Waals surface area (Å²) in [4.78, 5) is 11.3. The number of nitrogens with one attached hydrogen (secondary N) is 1. The van der Waals surface area contributed by atoms with Crippen LogP contribution >= 0.6 is 0 Å². The van der Waals surface area contributed by atoms with Gasteiger partial charge in [-0.1, -0.05) is 13.3 Å². The Kier molecular flexibility index (Phi) is 3.73. The number of carbonyl (C=O) groups is 1. The van der Waals surface area contributed by atoms with Crippen molar-refractivity contribution >= 4 is 5.97 Å². The van der Waals surface area contributed by atoms with E-state index in [4.69, 9.17) is 0 Å². The molecule has 1 fully saturated rings. The van der Waals surface area contributed by atoms with Crippen molar-refractivity contribution in [3.05, 3.63) is 0 Å². The molecule has 1 saturated heterocycles. The highest BCUT2D eigenvalue weighted by molar-refractivity contribution is 5.75. The van der Waals surface area contributed by atoms with Crippen molar-refractivity contribution in [1.29, 1.82) is 0 Å². The maximum atomic E-state index is 11.3. The molecule has 0 spiro atoms. The molecule has 0 saturated carbocycles. The first-order valence-corrected chi connectivity index (χ1v) is 5.63. The largest absolute Gasteiger partial charge is 0.481 e. The first-order valence-electron chi connectivity index (χ1n) is 5.63. The van der Waals surface area contributed by atoms with Gasteiger partial charge in [0.2, 0.25) is 0 Å². The van der Waals surface area contributed by atoms with Crippen molar-refractivity contribution in [3.63, 3.8) is 0 Å². The average Bonchev–Trinajstić information content (AvgIpc) is 2.18. The number of hydrogen-bond acceptors (Lipinski definition) is 3. The third kappa shape index (κ3) is 2.16. The van der Waals surface area contributed by atoms with E-state index in [2.05, 4.69) is 5.32 Å². The number of hydrogen-bond donors (Lipinski definition) is 3. The highest BCUT2D eigenvalue weighted by Gasteiger charge is 2.51. The van der Waals surface area contributed by atoms with Crippen molar-refractivity contribution in [2.45, 2.75) is 45.1 Å². The highest BCUT2D eigenvalue weighted by atomic mass is 16.4. The molecule has 0 aromatic heterocycles. The van der Waals surface area contributed by atoms with Gasteiger partial charge in [-0.2, -0.15) is 0 Å². The molecule has 4 heteroatoms. The summed E-state index contributed by atoms with van der Waals surface area (Å²) in [6.07, 6.45) is 2.35. The minimum Gasteiger partial charge on any atom is -0.481 e. The van der Waals surface area contributed by atoms with Gasteiger partial charge in [-0.3, -0.25) is 4.79 Å². The second-order valence-corrected chi connectivity index (χ2v) is 4.67. The quantitative estimate of drug-likeness (QED) is 0.654. The molecule has 0 aromatic carbocycles. The summed E-state index contributed by atoms with van der Waals surface area (Å²) in [5.41, 5.74) is -2.07. The Labute approximate surface area is 90.7 Å². The second-order valence-electron chi connectivity index (χ2n) is 4.67. The summed E-state index contributed by atoms with van der Waals surface area (Å²) in [7, 11) is 0. The summed E-state index contributed by atoms with van der Waals surface area (Å²) < 4.78 is 0. The fourth-order valence-corrected chi connectivity index (χ4v) is 2.43. The van der Waals surface area contributed by atoms with Gasteiger partial charge in [-0.25, -0.2) is 0 Å². The molecule has 1 aliphatic rings. The van der Waals surface area contributed by atoms with Crippen LogP contribution < -0.4 is 5.32 Å². The van der Waals surface area contributed by atoms with E-state index in [1.54, 1.807) is 6.92 Å². The third-order valence-electron chi connectivity index (χ3n) is 3.68. The molecule has 1 atom stereocenters. The van der Waals surface area contributed by atoms with Crippen molar-refractivity contribution in [2.75, 3.05) is 13.1 Å². The summed E-state index contributed by atoms with van der Waals surface area (Å²) in [6.45, 7) is 5.02. The molecular weight excluding hydrogens is 194 g/mol.